The number of hydrogen-bond acceptors (Lipinski definition) is 3. The molecular formula is C21H24N2O. The fraction of sp³-hybridized carbons (Fsp3) is 0.476. The van der Waals surface area contributed by atoms with E-state index in [0.717, 1.165) is 44.6 Å². The van der Waals surface area contributed by atoms with Crippen LogP contribution < -0.4 is 4.74 Å². The molecule has 0 N–H and O–H groups in total. The maximum atomic E-state index is 6.37. The van der Waals surface area contributed by atoms with Crippen molar-refractivity contribution in [3.63, 3.8) is 0 Å². The van der Waals surface area contributed by atoms with Gasteiger partial charge < -0.3 is 9.64 Å². The minimum Gasteiger partial charge on any atom is -0.487 e. The van der Waals surface area contributed by atoms with Crippen molar-refractivity contribution in [2.24, 2.45) is 0 Å². The Kier molecular flexibility index (Phi) is 3.37. The van der Waals surface area contributed by atoms with E-state index in [1.807, 2.05) is 6.20 Å². The van der Waals surface area contributed by atoms with Gasteiger partial charge in [-0.15, -0.1) is 0 Å². The largest absolute Gasteiger partial charge is 0.487 e. The van der Waals surface area contributed by atoms with Crippen LogP contribution in [0.5, 0.6) is 5.75 Å². The van der Waals surface area contributed by atoms with Crippen LogP contribution in [-0.4, -0.2) is 35.1 Å². The fourth-order valence-corrected chi connectivity index (χ4v) is 4.77. The Hall–Kier alpha value is -1.87. The van der Waals surface area contributed by atoms with Crippen molar-refractivity contribution in [2.45, 2.75) is 43.6 Å². The molecule has 1 atom stereocenters. The summed E-state index contributed by atoms with van der Waals surface area (Å²) in [6, 6.07) is 12.9. The van der Waals surface area contributed by atoms with Crippen molar-refractivity contribution in [2.75, 3.05) is 19.6 Å². The van der Waals surface area contributed by atoms with Crippen LogP contribution in [0.4, 0.5) is 0 Å². The van der Waals surface area contributed by atoms with Gasteiger partial charge in [-0.05, 0) is 36.1 Å². The standard InChI is InChI=1S/C21H24N2O/c1-2-6-19-17(4-1)14-21(24-19)9-12-23(13-10-21)15-18-8-7-16-5-3-11-22-20(16)18/h1-6,11,18H,7-10,12-15H2. The second-order valence-electron chi connectivity index (χ2n) is 7.65. The molecule has 1 aromatic carbocycles. The molecule has 1 aromatic heterocycles. The molecule has 3 heteroatoms. The third kappa shape index (κ3) is 2.42. The molecule has 1 aliphatic carbocycles. The highest BCUT2D eigenvalue weighted by atomic mass is 16.5. The number of para-hydroxylation sites is 1. The SMILES string of the molecule is c1ccc2c(c1)CC1(CCN(CC3CCc4cccnc43)CC1)O2. The third-order valence-electron chi connectivity index (χ3n) is 6.13. The zero-order valence-corrected chi connectivity index (χ0v) is 14.1. The van der Waals surface area contributed by atoms with Crippen LogP contribution in [0.1, 0.15) is 42.0 Å². The van der Waals surface area contributed by atoms with E-state index in [0.29, 0.717) is 5.92 Å². The Bertz CT molecular complexity index is 722. The summed E-state index contributed by atoms with van der Waals surface area (Å²) in [5, 5.41) is 0. The van der Waals surface area contributed by atoms with Crippen LogP contribution in [0.15, 0.2) is 42.6 Å². The average Bonchev–Trinajstić information content (AvgIpc) is 3.18. The highest BCUT2D eigenvalue weighted by molar-refractivity contribution is 5.39. The lowest BCUT2D eigenvalue weighted by Crippen LogP contribution is -2.48. The summed E-state index contributed by atoms with van der Waals surface area (Å²) in [5.74, 6) is 1.73. The van der Waals surface area contributed by atoms with Gasteiger partial charge in [0.05, 0.1) is 0 Å². The normalized spacial score (nSPS) is 24.6. The average molecular weight is 320 g/mol. The molecule has 124 valence electrons. The number of nitrogens with zero attached hydrogens (tertiary/aromatic N) is 2. The highest BCUT2D eigenvalue weighted by Gasteiger charge is 2.42. The summed E-state index contributed by atoms with van der Waals surface area (Å²) < 4.78 is 6.37. The van der Waals surface area contributed by atoms with Crippen LogP contribution in [-0.2, 0) is 12.8 Å². The summed E-state index contributed by atoms with van der Waals surface area (Å²) in [7, 11) is 0. The molecule has 1 fully saturated rings. The number of ether oxygens (including phenoxy) is 1. The number of likely N-dealkylation sites (tertiary alicyclic amines) is 1. The summed E-state index contributed by atoms with van der Waals surface area (Å²) in [6.45, 7) is 3.45. The molecule has 3 aliphatic rings. The van der Waals surface area contributed by atoms with Gasteiger partial charge in [0.1, 0.15) is 11.4 Å². The maximum Gasteiger partial charge on any atom is 0.123 e. The molecule has 5 rings (SSSR count). The Labute approximate surface area is 143 Å². The zero-order chi connectivity index (χ0) is 16.0. The molecule has 2 aromatic rings. The number of aromatic nitrogens is 1. The second-order valence-corrected chi connectivity index (χ2v) is 7.65. The van der Waals surface area contributed by atoms with Gasteiger partial charge >= 0.3 is 0 Å². The van der Waals surface area contributed by atoms with E-state index in [2.05, 4.69) is 46.3 Å². The lowest BCUT2D eigenvalue weighted by Gasteiger charge is -2.39. The van der Waals surface area contributed by atoms with E-state index in [1.165, 1.54) is 29.7 Å². The van der Waals surface area contributed by atoms with Gasteiger partial charge in [0.2, 0.25) is 0 Å². The first kappa shape index (κ1) is 14.5. The van der Waals surface area contributed by atoms with Gasteiger partial charge in [-0.1, -0.05) is 24.3 Å². The number of aryl methyl sites for hydroxylation is 1. The van der Waals surface area contributed by atoms with Crippen LogP contribution in [0.2, 0.25) is 0 Å². The Morgan fingerprint density at radius 1 is 1.08 bits per heavy atom. The molecular weight excluding hydrogens is 296 g/mol. The van der Waals surface area contributed by atoms with E-state index in [4.69, 9.17) is 4.74 Å². The molecule has 0 amide bonds. The van der Waals surface area contributed by atoms with Crippen molar-refractivity contribution in [1.82, 2.24) is 9.88 Å². The number of hydrogen-bond donors (Lipinski definition) is 0. The Balaban J connectivity index is 1.23. The lowest BCUT2D eigenvalue weighted by molar-refractivity contribution is 0.0176. The predicted octanol–water partition coefficient (Wildman–Crippen LogP) is 3.58. The minimum atomic E-state index is 0.0615. The highest BCUT2D eigenvalue weighted by Crippen LogP contribution is 2.41. The van der Waals surface area contributed by atoms with Crippen molar-refractivity contribution < 1.29 is 4.74 Å². The molecule has 1 spiro atoms. The topological polar surface area (TPSA) is 25.4 Å². The van der Waals surface area contributed by atoms with E-state index in [-0.39, 0.29) is 5.60 Å². The smallest absolute Gasteiger partial charge is 0.123 e. The number of piperidine rings is 1. The van der Waals surface area contributed by atoms with E-state index < -0.39 is 0 Å². The molecule has 2 aliphatic heterocycles. The van der Waals surface area contributed by atoms with E-state index in [9.17, 15) is 0 Å². The number of benzene rings is 1. The molecule has 3 heterocycles. The van der Waals surface area contributed by atoms with Crippen molar-refractivity contribution in [1.29, 1.82) is 0 Å². The van der Waals surface area contributed by atoms with Gasteiger partial charge in [0.25, 0.3) is 0 Å². The number of pyridine rings is 1. The molecule has 1 unspecified atom stereocenters. The minimum absolute atomic E-state index is 0.0615. The van der Waals surface area contributed by atoms with Gasteiger partial charge in [-0.25, -0.2) is 0 Å². The third-order valence-corrected chi connectivity index (χ3v) is 6.13. The monoisotopic (exact) mass is 320 g/mol. The first-order valence-electron chi connectivity index (χ1n) is 9.24. The van der Waals surface area contributed by atoms with Gasteiger partial charge in [0, 0.05) is 56.7 Å². The van der Waals surface area contributed by atoms with Crippen LogP contribution in [0, 0.1) is 0 Å². The fourth-order valence-electron chi connectivity index (χ4n) is 4.77. The summed E-state index contributed by atoms with van der Waals surface area (Å²) in [5.41, 5.74) is 4.26. The summed E-state index contributed by atoms with van der Waals surface area (Å²) in [4.78, 5) is 7.28. The molecule has 3 nitrogen and oxygen atoms in total. The maximum absolute atomic E-state index is 6.37. The molecule has 0 saturated carbocycles. The second kappa shape index (κ2) is 5.59. The molecule has 0 bridgehead atoms. The quantitative estimate of drug-likeness (QED) is 0.846. The molecule has 24 heavy (non-hydrogen) atoms. The predicted molar refractivity (Wildman–Crippen MR) is 94.5 cm³/mol. The number of rotatable bonds is 2. The first-order valence-corrected chi connectivity index (χ1v) is 9.24. The number of fused-ring (bicyclic) bond motifs is 2. The molecule has 0 radical (unpaired) electrons. The van der Waals surface area contributed by atoms with Gasteiger partial charge in [-0.2, -0.15) is 0 Å². The Morgan fingerprint density at radius 3 is 2.79 bits per heavy atom. The first-order chi connectivity index (χ1) is 11.8. The lowest BCUT2D eigenvalue weighted by atomic mass is 9.86. The van der Waals surface area contributed by atoms with E-state index in [1.54, 1.807) is 0 Å². The van der Waals surface area contributed by atoms with Gasteiger partial charge in [-0.3, -0.25) is 4.98 Å². The van der Waals surface area contributed by atoms with Crippen molar-refractivity contribution in [3.8, 4) is 5.75 Å². The summed E-state index contributed by atoms with van der Waals surface area (Å²) >= 11 is 0. The van der Waals surface area contributed by atoms with Crippen molar-refractivity contribution in [3.05, 3.63) is 59.4 Å². The molecule has 1 saturated heterocycles. The van der Waals surface area contributed by atoms with Crippen LogP contribution >= 0.6 is 0 Å². The van der Waals surface area contributed by atoms with Crippen LogP contribution in [0.25, 0.3) is 0 Å². The zero-order valence-electron chi connectivity index (χ0n) is 14.1. The van der Waals surface area contributed by atoms with E-state index >= 15 is 0 Å². The van der Waals surface area contributed by atoms with Crippen molar-refractivity contribution >= 4 is 0 Å². The summed E-state index contributed by atoms with van der Waals surface area (Å²) in [6.07, 6.45) is 7.78. The van der Waals surface area contributed by atoms with Crippen LogP contribution in [0.3, 0.4) is 0 Å². The Morgan fingerprint density at radius 2 is 1.92 bits per heavy atom. The van der Waals surface area contributed by atoms with Gasteiger partial charge in [0.15, 0.2) is 0 Å².